The molecule has 4 rings (SSSR count). The first-order valence-corrected chi connectivity index (χ1v) is 12.2. The molecular formula is C27H32N6O2. The number of unbranched alkanes of at least 4 members (excludes halogenated alkanes) is 2. The van der Waals surface area contributed by atoms with Crippen molar-refractivity contribution < 1.29 is 9.59 Å². The van der Waals surface area contributed by atoms with E-state index in [4.69, 9.17) is 0 Å². The molecule has 0 unspecified atom stereocenters. The molecule has 8 nitrogen and oxygen atoms in total. The Kier molecular flexibility index (Phi) is 8.03. The van der Waals surface area contributed by atoms with Crippen LogP contribution in [0.25, 0.3) is 22.0 Å². The predicted molar refractivity (Wildman–Crippen MR) is 136 cm³/mol. The number of rotatable bonds is 12. The fraction of sp³-hybridized carbons (Fsp3) is 0.370. The lowest BCUT2D eigenvalue weighted by Crippen LogP contribution is -2.32. The van der Waals surface area contributed by atoms with Crippen LogP contribution < -0.4 is 5.32 Å². The largest absolute Gasteiger partial charge is 0.345 e. The number of hydrogen-bond donors (Lipinski definition) is 2. The van der Waals surface area contributed by atoms with Crippen molar-refractivity contribution in [1.29, 1.82) is 0 Å². The maximum absolute atomic E-state index is 12.8. The van der Waals surface area contributed by atoms with Gasteiger partial charge in [-0.15, -0.1) is 0 Å². The van der Waals surface area contributed by atoms with E-state index in [9.17, 15) is 9.59 Å². The third-order valence-electron chi connectivity index (χ3n) is 6.13. The zero-order chi connectivity index (χ0) is 24.6. The highest BCUT2D eigenvalue weighted by Crippen LogP contribution is 2.25. The van der Waals surface area contributed by atoms with E-state index in [-0.39, 0.29) is 18.5 Å². The molecule has 0 saturated carbocycles. The monoisotopic (exact) mass is 472 g/mol. The first kappa shape index (κ1) is 24.3. The average molecular weight is 473 g/mol. The molecule has 0 aliphatic carbocycles. The number of imidazole rings is 1. The molecule has 1 amide bonds. The molecule has 0 aliphatic heterocycles. The number of Topliss-reactive ketones (excluding diaryl/α,β-unsaturated/α-hetero) is 1. The fourth-order valence-corrected chi connectivity index (χ4v) is 4.15. The number of nitrogens with one attached hydrogen (secondary N) is 2. The Labute approximate surface area is 205 Å². The van der Waals surface area contributed by atoms with Gasteiger partial charge in [-0.2, -0.15) is 5.10 Å². The number of amides is 1. The number of nitrogens with zero attached hydrogens (tertiary/aromatic N) is 4. The molecule has 0 bridgehead atoms. The molecule has 2 N–H and O–H groups in total. The predicted octanol–water partition coefficient (Wildman–Crippen LogP) is 4.92. The van der Waals surface area contributed by atoms with Crippen molar-refractivity contribution in [3.63, 3.8) is 0 Å². The normalized spacial score (nSPS) is 12.1. The molecule has 1 aromatic carbocycles. The van der Waals surface area contributed by atoms with E-state index in [1.54, 1.807) is 17.1 Å². The van der Waals surface area contributed by atoms with Crippen molar-refractivity contribution in [2.24, 2.45) is 0 Å². The van der Waals surface area contributed by atoms with Gasteiger partial charge < -0.3 is 10.3 Å². The van der Waals surface area contributed by atoms with E-state index < -0.39 is 0 Å². The SMILES string of the molecule is CCC(=O)CCCCC[C@H](NC(=O)Cn1ccc(C)n1)c1ncc(-c2ccc3ccncc3c2)[nH]1. The number of H-pyrrole nitrogens is 1. The minimum atomic E-state index is -0.253. The van der Waals surface area contributed by atoms with Gasteiger partial charge in [0, 0.05) is 42.4 Å². The molecule has 3 aromatic heterocycles. The van der Waals surface area contributed by atoms with Crippen LogP contribution in [0, 0.1) is 6.92 Å². The smallest absolute Gasteiger partial charge is 0.242 e. The number of pyridine rings is 1. The van der Waals surface area contributed by atoms with Gasteiger partial charge in [-0.05, 0) is 43.4 Å². The van der Waals surface area contributed by atoms with Crippen LogP contribution in [0.1, 0.15) is 63.0 Å². The number of aryl methyl sites for hydroxylation is 1. The van der Waals surface area contributed by atoms with Gasteiger partial charge in [-0.3, -0.25) is 19.3 Å². The first-order chi connectivity index (χ1) is 17.0. The van der Waals surface area contributed by atoms with Gasteiger partial charge in [0.25, 0.3) is 0 Å². The van der Waals surface area contributed by atoms with Gasteiger partial charge >= 0.3 is 0 Å². The molecule has 35 heavy (non-hydrogen) atoms. The first-order valence-electron chi connectivity index (χ1n) is 12.2. The summed E-state index contributed by atoms with van der Waals surface area (Å²) in [5.41, 5.74) is 2.78. The summed E-state index contributed by atoms with van der Waals surface area (Å²) >= 11 is 0. The molecule has 0 fully saturated rings. The van der Waals surface area contributed by atoms with Crippen molar-refractivity contribution in [1.82, 2.24) is 30.0 Å². The topological polar surface area (TPSA) is 106 Å². The number of ketones is 1. The van der Waals surface area contributed by atoms with E-state index in [0.717, 1.165) is 59.2 Å². The Morgan fingerprint density at radius 2 is 1.97 bits per heavy atom. The van der Waals surface area contributed by atoms with Gasteiger partial charge in [0.1, 0.15) is 18.2 Å². The van der Waals surface area contributed by atoms with Gasteiger partial charge in [-0.1, -0.05) is 31.9 Å². The Morgan fingerprint density at radius 3 is 2.77 bits per heavy atom. The summed E-state index contributed by atoms with van der Waals surface area (Å²) in [6, 6.07) is 9.81. The summed E-state index contributed by atoms with van der Waals surface area (Å²) in [4.78, 5) is 36.6. The molecular weight excluding hydrogens is 440 g/mol. The second-order valence-corrected chi connectivity index (χ2v) is 8.89. The number of aromatic nitrogens is 5. The van der Waals surface area contributed by atoms with Crippen LogP contribution >= 0.6 is 0 Å². The highest BCUT2D eigenvalue weighted by atomic mass is 16.2. The number of hydrogen-bond acceptors (Lipinski definition) is 5. The average Bonchev–Trinajstić information content (AvgIpc) is 3.52. The maximum atomic E-state index is 12.8. The molecule has 4 aromatic rings. The zero-order valence-corrected chi connectivity index (χ0v) is 20.3. The molecule has 1 atom stereocenters. The highest BCUT2D eigenvalue weighted by molar-refractivity contribution is 5.86. The third kappa shape index (κ3) is 6.62. The summed E-state index contributed by atoms with van der Waals surface area (Å²) in [5, 5.41) is 9.62. The molecule has 0 spiro atoms. The summed E-state index contributed by atoms with van der Waals surface area (Å²) in [7, 11) is 0. The summed E-state index contributed by atoms with van der Waals surface area (Å²) < 4.78 is 1.63. The maximum Gasteiger partial charge on any atom is 0.242 e. The van der Waals surface area contributed by atoms with Gasteiger partial charge in [0.15, 0.2) is 0 Å². The van der Waals surface area contributed by atoms with Crippen LogP contribution in [0.3, 0.4) is 0 Å². The van der Waals surface area contributed by atoms with Crippen LogP contribution in [0.2, 0.25) is 0 Å². The van der Waals surface area contributed by atoms with Crippen molar-refractivity contribution in [3.8, 4) is 11.3 Å². The third-order valence-corrected chi connectivity index (χ3v) is 6.13. The second-order valence-electron chi connectivity index (χ2n) is 8.89. The van der Waals surface area contributed by atoms with Crippen LogP contribution in [-0.2, 0) is 16.1 Å². The van der Waals surface area contributed by atoms with E-state index in [2.05, 4.69) is 43.6 Å². The summed E-state index contributed by atoms with van der Waals surface area (Å²) in [6.45, 7) is 3.95. The van der Waals surface area contributed by atoms with E-state index in [0.29, 0.717) is 18.6 Å². The van der Waals surface area contributed by atoms with Gasteiger partial charge in [0.2, 0.25) is 5.91 Å². The number of aromatic amines is 1. The van der Waals surface area contributed by atoms with Crippen molar-refractivity contribution >= 4 is 22.5 Å². The zero-order valence-electron chi connectivity index (χ0n) is 20.3. The van der Waals surface area contributed by atoms with Crippen LogP contribution in [0.15, 0.2) is 55.1 Å². The lowest BCUT2D eigenvalue weighted by Gasteiger charge is -2.17. The second kappa shape index (κ2) is 11.6. The number of fused-ring (bicyclic) bond motifs is 1. The van der Waals surface area contributed by atoms with E-state index in [1.165, 1.54) is 0 Å². The van der Waals surface area contributed by atoms with Crippen LogP contribution in [0.5, 0.6) is 0 Å². The van der Waals surface area contributed by atoms with Crippen molar-refractivity contribution in [3.05, 3.63) is 66.6 Å². The Morgan fingerprint density at radius 1 is 1.09 bits per heavy atom. The molecule has 0 saturated heterocycles. The van der Waals surface area contributed by atoms with E-state index >= 15 is 0 Å². The van der Waals surface area contributed by atoms with Crippen molar-refractivity contribution in [2.75, 3.05) is 0 Å². The van der Waals surface area contributed by atoms with Crippen LogP contribution in [0.4, 0.5) is 0 Å². The Balaban J connectivity index is 1.46. The number of benzene rings is 1. The van der Waals surface area contributed by atoms with Gasteiger partial charge in [-0.25, -0.2) is 4.98 Å². The van der Waals surface area contributed by atoms with Crippen LogP contribution in [-0.4, -0.2) is 36.4 Å². The quantitative estimate of drug-likeness (QED) is 0.285. The summed E-state index contributed by atoms with van der Waals surface area (Å²) in [5.74, 6) is 0.903. The van der Waals surface area contributed by atoms with E-state index in [1.807, 2.05) is 38.4 Å². The van der Waals surface area contributed by atoms with Gasteiger partial charge in [0.05, 0.1) is 23.6 Å². The number of carbonyl (C=O) groups excluding carboxylic acids is 2. The highest BCUT2D eigenvalue weighted by Gasteiger charge is 2.19. The standard InChI is InChI=1S/C27H32N6O2/c1-3-23(34)7-5-4-6-8-24(30-26(35)18-33-14-12-19(2)32-33)27-29-17-25(31-27)21-10-9-20-11-13-28-16-22(20)15-21/h9-17,24H,3-8,18H2,1-2H3,(H,29,31)(H,30,35)/t24-/m0/s1. The molecule has 182 valence electrons. The molecule has 0 radical (unpaired) electrons. The minimum Gasteiger partial charge on any atom is -0.345 e. The lowest BCUT2D eigenvalue weighted by molar-refractivity contribution is -0.122. The minimum absolute atomic E-state index is 0.117. The Bertz CT molecular complexity index is 1290. The number of carbonyl (C=O) groups is 2. The van der Waals surface area contributed by atoms with Crippen molar-refractivity contribution in [2.45, 2.75) is 65.0 Å². The Hall–Kier alpha value is -3.81. The fourth-order valence-electron chi connectivity index (χ4n) is 4.15. The summed E-state index contributed by atoms with van der Waals surface area (Å²) in [6.07, 6.45) is 11.9. The molecule has 8 heteroatoms. The molecule has 0 aliphatic rings. The lowest BCUT2D eigenvalue weighted by atomic mass is 10.0. The molecule has 3 heterocycles.